The van der Waals surface area contributed by atoms with Gasteiger partial charge in [-0.15, -0.1) is 0 Å². The number of likely N-dealkylation sites (N-methyl/N-ethyl adjacent to an activating group) is 1. The summed E-state index contributed by atoms with van der Waals surface area (Å²) < 4.78 is 0. The number of hydrogen-bond donors (Lipinski definition) is 1. The van der Waals surface area contributed by atoms with Crippen molar-refractivity contribution in [1.82, 2.24) is 5.32 Å². The molecule has 2 heterocycles. The van der Waals surface area contributed by atoms with Crippen LogP contribution in [0, 0.1) is 0 Å². The van der Waals surface area contributed by atoms with Crippen molar-refractivity contribution in [3.8, 4) is 0 Å². The molecule has 0 radical (unpaired) electrons. The van der Waals surface area contributed by atoms with E-state index in [1.165, 1.54) is 29.8 Å². The molecule has 1 aromatic carbocycles. The van der Waals surface area contributed by atoms with Gasteiger partial charge in [0.1, 0.15) is 0 Å². The third-order valence-electron chi connectivity index (χ3n) is 3.29. The second kappa shape index (κ2) is 2.99. The Kier molecular flexibility index (Phi) is 1.77. The normalized spacial score (nSPS) is 23.8. The van der Waals surface area contributed by atoms with Crippen LogP contribution in [0.5, 0.6) is 0 Å². The Balaban J connectivity index is 1.96. The molecule has 2 aliphatic heterocycles. The Morgan fingerprint density at radius 3 is 3.07 bits per heavy atom. The van der Waals surface area contributed by atoms with Crippen LogP contribution in [-0.2, 0) is 6.42 Å². The number of benzene rings is 1. The summed E-state index contributed by atoms with van der Waals surface area (Å²) in [6, 6.07) is 7.60. The van der Waals surface area contributed by atoms with Gasteiger partial charge in [-0.2, -0.15) is 0 Å². The fourth-order valence-corrected chi connectivity index (χ4v) is 2.33. The van der Waals surface area contributed by atoms with Crippen molar-refractivity contribution < 1.29 is 0 Å². The number of hydrogen-bond acceptors (Lipinski definition) is 2. The van der Waals surface area contributed by atoms with Gasteiger partial charge in [0.05, 0.1) is 0 Å². The largest absolute Gasteiger partial charge is 0.371 e. The molecule has 0 saturated carbocycles. The van der Waals surface area contributed by atoms with Gasteiger partial charge in [-0.05, 0) is 30.5 Å². The first-order valence-corrected chi connectivity index (χ1v) is 5.49. The standard InChI is InChI=1S/C12H16N2/c1-2-14-6-5-10-7-9(11-8-13-11)3-4-12(10)14/h3-4,7,11,13H,2,5-6,8H2,1H3/t11-/m1/s1. The van der Waals surface area contributed by atoms with Crippen LogP contribution in [0.4, 0.5) is 5.69 Å². The Hall–Kier alpha value is -1.02. The molecule has 1 atom stereocenters. The first-order chi connectivity index (χ1) is 6.88. The van der Waals surface area contributed by atoms with Crippen molar-refractivity contribution in [2.45, 2.75) is 19.4 Å². The van der Waals surface area contributed by atoms with E-state index in [1.54, 1.807) is 0 Å². The van der Waals surface area contributed by atoms with Crippen LogP contribution < -0.4 is 10.2 Å². The molecule has 0 aliphatic carbocycles. The first-order valence-electron chi connectivity index (χ1n) is 5.49. The van der Waals surface area contributed by atoms with Crippen molar-refractivity contribution in [2.24, 2.45) is 0 Å². The third kappa shape index (κ3) is 1.22. The molecule has 0 aromatic heterocycles. The van der Waals surface area contributed by atoms with E-state index in [4.69, 9.17) is 0 Å². The van der Waals surface area contributed by atoms with E-state index in [2.05, 4.69) is 35.3 Å². The highest BCUT2D eigenvalue weighted by Crippen LogP contribution is 2.32. The van der Waals surface area contributed by atoms with E-state index in [1.807, 2.05) is 0 Å². The molecule has 1 N–H and O–H groups in total. The zero-order valence-electron chi connectivity index (χ0n) is 8.59. The zero-order chi connectivity index (χ0) is 9.54. The highest BCUT2D eigenvalue weighted by Gasteiger charge is 2.25. The summed E-state index contributed by atoms with van der Waals surface area (Å²) in [6.45, 7) is 5.73. The number of anilines is 1. The molecule has 1 saturated heterocycles. The fraction of sp³-hybridized carbons (Fsp3) is 0.500. The van der Waals surface area contributed by atoms with E-state index in [-0.39, 0.29) is 0 Å². The Bertz CT molecular complexity index is 355. The summed E-state index contributed by atoms with van der Waals surface area (Å²) in [7, 11) is 0. The Morgan fingerprint density at radius 2 is 2.36 bits per heavy atom. The summed E-state index contributed by atoms with van der Waals surface area (Å²) in [5.41, 5.74) is 4.47. The predicted octanol–water partition coefficient (Wildman–Crippen LogP) is 1.71. The lowest BCUT2D eigenvalue weighted by Gasteiger charge is -2.16. The van der Waals surface area contributed by atoms with Gasteiger partial charge < -0.3 is 10.2 Å². The van der Waals surface area contributed by atoms with Gasteiger partial charge in [0.25, 0.3) is 0 Å². The number of fused-ring (bicyclic) bond motifs is 1. The highest BCUT2D eigenvalue weighted by atomic mass is 15.1. The SMILES string of the molecule is CCN1CCc2cc([C@H]3CN3)ccc21. The van der Waals surface area contributed by atoms with Crippen LogP contribution in [0.1, 0.15) is 24.1 Å². The van der Waals surface area contributed by atoms with E-state index in [0.717, 1.165) is 13.1 Å². The minimum atomic E-state index is 0.649. The van der Waals surface area contributed by atoms with Gasteiger partial charge in [-0.1, -0.05) is 12.1 Å². The van der Waals surface area contributed by atoms with Crippen LogP contribution in [-0.4, -0.2) is 19.6 Å². The topological polar surface area (TPSA) is 25.2 Å². The van der Waals surface area contributed by atoms with E-state index >= 15 is 0 Å². The van der Waals surface area contributed by atoms with Crippen molar-refractivity contribution in [2.75, 3.05) is 24.5 Å². The van der Waals surface area contributed by atoms with E-state index < -0.39 is 0 Å². The lowest BCUT2D eigenvalue weighted by atomic mass is 10.1. The van der Waals surface area contributed by atoms with E-state index in [9.17, 15) is 0 Å². The van der Waals surface area contributed by atoms with Gasteiger partial charge in [-0.3, -0.25) is 0 Å². The summed E-state index contributed by atoms with van der Waals surface area (Å²) in [5.74, 6) is 0. The molecule has 2 nitrogen and oxygen atoms in total. The van der Waals surface area contributed by atoms with Gasteiger partial charge in [-0.25, -0.2) is 0 Å². The van der Waals surface area contributed by atoms with E-state index in [0.29, 0.717) is 6.04 Å². The Morgan fingerprint density at radius 1 is 1.50 bits per heavy atom. The second-order valence-electron chi connectivity index (χ2n) is 4.18. The molecule has 3 rings (SSSR count). The zero-order valence-corrected chi connectivity index (χ0v) is 8.59. The van der Waals surface area contributed by atoms with Gasteiger partial charge in [0, 0.05) is 31.4 Å². The minimum absolute atomic E-state index is 0.649. The monoisotopic (exact) mass is 188 g/mol. The first kappa shape index (κ1) is 8.30. The van der Waals surface area contributed by atoms with Crippen LogP contribution in [0.15, 0.2) is 18.2 Å². The molecule has 2 aliphatic rings. The summed E-state index contributed by atoms with van der Waals surface area (Å²) >= 11 is 0. The number of nitrogens with zero attached hydrogens (tertiary/aromatic N) is 1. The lowest BCUT2D eigenvalue weighted by molar-refractivity contribution is 0.868. The van der Waals surface area contributed by atoms with Crippen molar-refractivity contribution in [3.63, 3.8) is 0 Å². The molecule has 74 valence electrons. The average Bonchev–Trinajstić information content (AvgIpc) is 2.98. The molecule has 14 heavy (non-hydrogen) atoms. The average molecular weight is 188 g/mol. The third-order valence-corrected chi connectivity index (χ3v) is 3.29. The van der Waals surface area contributed by atoms with Crippen LogP contribution in [0.25, 0.3) is 0 Å². The summed E-state index contributed by atoms with van der Waals surface area (Å²) in [6.07, 6.45) is 1.23. The number of nitrogens with one attached hydrogen (secondary N) is 1. The molecule has 0 bridgehead atoms. The van der Waals surface area contributed by atoms with Crippen molar-refractivity contribution in [3.05, 3.63) is 29.3 Å². The second-order valence-corrected chi connectivity index (χ2v) is 4.18. The smallest absolute Gasteiger partial charge is 0.0447 e. The maximum absolute atomic E-state index is 3.35. The Labute approximate surface area is 84.9 Å². The van der Waals surface area contributed by atoms with Gasteiger partial charge in [0.15, 0.2) is 0 Å². The summed E-state index contributed by atoms with van der Waals surface area (Å²) in [5, 5.41) is 3.35. The lowest BCUT2D eigenvalue weighted by Crippen LogP contribution is -2.18. The molecule has 2 heteroatoms. The molecule has 0 amide bonds. The highest BCUT2D eigenvalue weighted by molar-refractivity contribution is 5.59. The molecular weight excluding hydrogens is 172 g/mol. The molecule has 0 spiro atoms. The predicted molar refractivity (Wildman–Crippen MR) is 58.8 cm³/mol. The molecule has 1 fully saturated rings. The van der Waals surface area contributed by atoms with Crippen molar-refractivity contribution in [1.29, 1.82) is 0 Å². The molecule has 0 unspecified atom stereocenters. The fourth-order valence-electron chi connectivity index (χ4n) is 2.33. The molecule has 1 aromatic rings. The van der Waals surface area contributed by atoms with Crippen LogP contribution >= 0.6 is 0 Å². The van der Waals surface area contributed by atoms with Crippen LogP contribution in [0.3, 0.4) is 0 Å². The van der Waals surface area contributed by atoms with Gasteiger partial charge in [0.2, 0.25) is 0 Å². The van der Waals surface area contributed by atoms with Gasteiger partial charge >= 0.3 is 0 Å². The number of rotatable bonds is 2. The minimum Gasteiger partial charge on any atom is -0.371 e. The van der Waals surface area contributed by atoms with Crippen molar-refractivity contribution >= 4 is 5.69 Å². The van der Waals surface area contributed by atoms with Crippen LogP contribution in [0.2, 0.25) is 0 Å². The maximum Gasteiger partial charge on any atom is 0.0447 e. The molecular formula is C12H16N2. The quantitative estimate of drug-likeness (QED) is 0.715. The maximum atomic E-state index is 3.35. The summed E-state index contributed by atoms with van der Waals surface area (Å²) in [4.78, 5) is 2.46.